The maximum Gasteiger partial charge on any atom is 0.111 e. The molecule has 0 spiro atoms. The van der Waals surface area contributed by atoms with Gasteiger partial charge in [0.05, 0.1) is 13.2 Å². The maximum atomic E-state index is 5.52. The summed E-state index contributed by atoms with van der Waals surface area (Å²) in [6, 6.07) is 0. The van der Waals surface area contributed by atoms with Crippen molar-refractivity contribution in [3.63, 3.8) is 0 Å². The second-order valence-electron chi connectivity index (χ2n) is 3.87. The van der Waals surface area contributed by atoms with E-state index in [1.165, 1.54) is 0 Å². The van der Waals surface area contributed by atoms with Crippen molar-refractivity contribution in [2.24, 2.45) is 0 Å². The zero-order valence-electron chi connectivity index (χ0n) is 9.26. The standard InChI is InChI=1S/C12H18O3/c1-3-5-9-11(14-9)7-13-8-12-10(15-12)6-4-2/h3-6,9-12H,7-8H2,1-2H3/b5-3+,6-4+. The van der Waals surface area contributed by atoms with Crippen LogP contribution in [0, 0.1) is 0 Å². The number of ether oxygens (including phenoxy) is 3. The summed E-state index contributed by atoms with van der Waals surface area (Å²) in [6.45, 7) is 5.35. The molecule has 3 heteroatoms. The lowest BCUT2D eigenvalue weighted by atomic mass is 10.3. The van der Waals surface area contributed by atoms with E-state index < -0.39 is 0 Å². The van der Waals surface area contributed by atoms with Gasteiger partial charge in [-0.15, -0.1) is 0 Å². The molecule has 0 bridgehead atoms. The summed E-state index contributed by atoms with van der Waals surface area (Å²) < 4.78 is 16.3. The molecule has 2 rings (SSSR count). The van der Waals surface area contributed by atoms with Crippen LogP contribution in [0.5, 0.6) is 0 Å². The quantitative estimate of drug-likeness (QED) is 0.494. The Morgan fingerprint density at radius 2 is 1.40 bits per heavy atom. The van der Waals surface area contributed by atoms with E-state index in [9.17, 15) is 0 Å². The Bertz CT molecular complexity index is 234. The van der Waals surface area contributed by atoms with Gasteiger partial charge in [-0.1, -0.05) is 24.3 Å². The molecule has 0 saturated carbocycles. The molecule has 15 heavy (non-hydrogen) atoms. The Morgan fingerprint density at radius 1 is 0.933 bits per heavy atom. The van der Waals surface area contributed by atoms with Crippen molar-refractivity contribution in [1.29, 1.82) is 0 Å². The van der Waals surface area contributed by atoms with E-state index in [-0.39, 0.29) is 24.4 Å². The maximum absolute atomic E-state index is 5.52. The molecule has 2 aliphatic rings. The molecule has 0 N–H and O–H groups in total. The topological polar surface area (TPSA) is 34.3 Å². The highest BCUT2D eigenvalue weighted by molar-refractivity contribution is 5.03. The molecule has 0 aromatic carbocycles. The van der Waals surface area contributed by atoms with E-state index in [0.29, 0.717) is 13.2 Å². The van der Waals surface area contributed by atoms with Crippen LogP contribution >= 0.6 is 0 Å². The molecule has 2 fully saturated rings. The van der Waals surface area contributed by atoms with Gasteiger partial charge in [0.15, 0.2) is 0 Å². The van der Waals surface area contributed by atoms with Crippen molar-refractivity contribution in [1.82, 2.24) is 0 Å². The summed E-state index contributed by atoms with van der Waals surface area (Å²) in [6.07, 6.45) is 9.23. The van der Waals surface area contributed by atoms with Crippen LogP contribution in [-0.2, 0) is 14.2 Å². The molecule has 4 unspecified atom stereocenters. The number of rotatable bonds is 6. The summed E-state index contributed by atoms with van der Waals surface area (Å²) in [5, 5.41) is 0. The first kappa shape index (κ1) is 10.9. The molecule has 0 aliphatic carbocycles. The average molecular weight is 210 g/mol. The van der Waals surface area contributed by atoms with Gasteiger partial charge in [0.1, 0.15) is 24.4 Å². The number of hydrogen-bond donors (Lipinski definition) is 0. The van der Waals surface area contributed by atoms with Crippen LogP contribution in [0.3, 0.4) is 0 Å². The highest BCUT2D eigenvalue weighted by Gasteiger charge is 2.39. The van der Waals surface area contributed by atoms with Crippen LogP contribution in [0.25, 0.3) is 0 Å². The first-order valence-corrected chi connectivity index (χ1v) is 5.49. The van der Waals surface area contributed by atoms with E-state index in [4.69, 9.17) is 14.2 Å². The van der Waals surface area contributed by atoms with Gasteiger partial charge in [0, 0.05) is 0 Å². The number of allylic oxidation sites excluding steroid dienone is 2. The summed E-state index contributed by atoms with van der Waals surface area (Å²) in [5.74, 6) is 0. The van der Waals surface area contributed by atoms with Crippen molar-refractivity contribution in [2.45, 2.75) is 38.3 Å². The predicted molar refractivity (Wildman–Crippen MR) is 57.8 cm³/mol. The van der Waals surface area contributed by atoms with Crippen LogP contribution in [0.2, 0.25) is 0 Å². The molecular formula is C12H18O3. The predicted octanol–water partition coefficient (Wildman–Crippen LogP) is 1.69. The molecule has 2 aliphatic heterocycles. The van der Waals surface area contributed by atoms with E-state index in [1.54, 1.807) is 0 Å². The van der Waals surface area contributed by atoms with Crippen molar-refractivity contribution < 1.29 is 14.2 Å². The molecule has 0 radical (unpaired) electrons. The Hall–Kier alpha value is -0.640. The molecular weight excluding hydrogens is 192 g/mol. The third kappa shape index (κ3) is 3.16. The van der Waals surface area contributed by atoms with Gasteiger partial charge < -0.3 is 14.2 Å². The van der Waals surface area contributed by atoms with E-state index in [1.807, 2.05) is 26.0 Å². The van der Waals surface area contributed by atoms with Crippen LogP contribution in [-0.4, -0.2) is 37.6 Å². The van der Waals surface area contributed by atoms with Crippen molar-refractivity contribution >= 4 is 0 Å². The Morgan fingerprint density at radius 3 is 1.80 bits per heavy atom. The minimum atomic E-state index is 0.264. The van der Waals surface area contributed by atoms with E-state index in [0.717, 1.165) is 0 Å². The lowest BCUT2D eigenvalue weighted by Gasteiger charge is -1.96. The van der Waals surface area contributed by atoms with E-state index >= 15 is 0 Å². The van der Waals surface area contributed by atoms with Gasteiger partial charge in [-0.05, 0) is 13.8 Å². The van der Waals surface area contributed by atoms with Gasteiger partial charge in [-0.25, -0.2) is 0 Å². The second-order valence-corrected chi connectivity index (χ2v) is 3.87. The molecule has 2 saturated heterocycles. The second kappa shape index (κ2) is 4.92. The third-order valence-electron chi connectivity index (χ3n) is 2.57. The number of hydrogen-bond acceptors (Lipinski definition) is 3. The lowest BCUT2D eigenvalue weighted by molar-refractivity contribution is 0.102. The van der Waals surface area contributed by atoms with Crippen LogP contribution in [0.15, 0.2) is 24.3 Å². The highest BCUT2D eigenvalue weighted by Crippen LogP contribution is 2.26. The fourth-order valence-electron chi connectivity index (χ4n) is 1.60. The Balaban J connectivity index is 1.51. The average Bonchev–Trinajstić information content (AvgIpc) is 3.09. The number of epoxide rings is 2. The zero-order chi connectivity index (χ0) is 10.7. The lowest BCUT2D eigenvalue weighted by Crippen LogP contribution is -2.09. The zero-order valence-corrected chi connectivity index (χ0v) is 9.26. The van der Waals surface area contributed by atoms with Gasteiger partial charge in [0.2, 0.25) is 0 Å². The van der Waals surface area contributed by atoms with Crippen molar-refractivity contribution in [2.75, 3.05) is 13.2 Å². The van der Waals surface area contributed by atoms with Crippen molar-refractivity contribution in [3.8, 4) is 0 Å². The monoisotopic (exact) mass is 210 g/mol. The van der Waals surface area contributed by atoms with Gasteiger partial charge in [0.25, 0.3) is 0 Å². The smallest absolute Gasteiger partial charge is 0.111 e. The molecule has 0 aromatic rings. The Kier molecular flexibility index (Phi) is 3.57. The first-order valence-electron chi connectivity index (χ1n) is 5.49. The fraction of sp³-hybridized carbons (Fsp3) is 0.667. The van der Waals surface area contributed by atoms with Gasteiger partial charge in [-0.2, -0.15) is 0 Å². The molecule has 3 nitrogen and oxygen atoms in total. The third-order valence-corrected chi connectivity index (χ3v) is 2.57. The van der Waals surface area contributed by atoms with E-state index in [2.05, 4.69) is 12.2 Å². The largest absolute Gasteiger partial charge is 0.376 e. The summed E-state index contributed by atoms with van der Waals surface area (Å²) >= 11 is 0. The molecule has 0 amide bonds. The van der Waals surface area contributed by atoms with Gasteiger partial charge in [-0.3, -0.25) is 0 Å². The van der Waals surface area contributed by atoms with Crippen LogP contribution < -0.4 is 0 Å². The van der Waals surface area contributed by atoms with Crippen LogP contribution in [0.4, 0.5) is 0 Å². The molecule has 84 valence electrons. The van der Waals surface area contributed by atoms with Crippen LogP contribution in [0.1, 0.15) is 13.8 Å². The normalized spacial score (nSPS) is 39.1. The van der Waals surface area contributed by atoms with Crippen molar-refractivity contribution in [3.05, 3.63) is 24.3 Å². The molecule has 0 aromatic heterocycles. The minimum absolute atomic E-state index is 0.264. The summed E-state index contributed by atoms with van der Waals surface area (Å²) in [7, 11) is 0. The molecule has 2 heterocycles. The highest BCUT2D eigenvalue weighted by atomic mass is 16.6. The fourth-order valence-corrected chi connectivity index (χ4v) is 1.60. The SMILES string of the molecule is C/C=C/C1OC1COCC1OC1/C=C/C. The van der Waals surface area contributed by atoms with Gasteiger partial charge >= 0.3 is 0 Å². The first-order chi connectivity index (χ1) is 7.35. The summed E-state index contributed by atoms with van der Waals surface area (Å²) in [5.41, 5.74) is 0. The minimum Gasteiger partial charge on any atom is -0.376 e. The summed E-state index contributed by atoms with van der Waals surface area (Å²) in [4.78, 5) is 0. The Labute approximate surface area is 90.7 Å². The molecule has 4 atom stereocenters.